The molecule has 2 amide bonds. The Morgan fingerprint density at radius 3 is 3.04 bits per heavy atom. The van der Waals surface area contributed by atoms with Gasteiger partial charge in [-0.2, -0.15) is 0 Å². The number of aromatic nitrogens is 1. The summed E-state index contributed by atoms with van der Waals surface area (Å²) in [5.74, 6) is 0.962. The van der Waals surface area contributed by atoms with E-state index in [1.165, 1.54) is 0 Å². The third-order valence-corrected chi connectivity index (χ3v) is 5.07. The molecule has 0 radical (unpaired) electrons. The van der Waals surface area contributed by atoms with Crippen molar-refractivity contribution in [2.45, 2.75) is 44.8 Å². The van der Waals surface area contributed by atoms with Gasteiger partial charge in [0.05, 0.1) is 12.2 Å². The number of piperidine rings is 1. The van der Waals surface area contributed by atoms with Crippen LogP contribution in [0.5, 0.6) is 5.75 Å². The first kappa shape index (κ1) is 18.6. The SMILES string of the molecule is CC(Oc1cccnc1)C(=O)N1CCCC(CNC(=O)C2CCCN2)C1. The molecule has 2 fully saturated rings. The topological polar surface area (TPSA) is 83.6 Å². The summed E-state index contributed by atoms with van der Waals surface area (Å²) < 4.78 is 5.70. The minimum atomic E-state index is -0.546. The van der Waals surface area contributed by atoms with Gasteiger partial charge in [-0.3, -0.25) is 14.6 Å². The standard InChI is InChI=1S/C19H28N4O3/c1-14(26-16-6-2-8-20-12-16)19(25)23-10-4-5-15(13-23)11-22-18(24)17-7-3-9-21-17/h2,6,8,12,14-15,17,21H,3-5,7,9-11,13H2,1H3,(H,22,24). The summed E-state index contributed by atoms with van der Waals surface area (Å²) in [4.78, 5) is 30.7. The molecule has 0 aliphatic carbocycles. The van der Waals surface area contributed by atoms with Crippen LogP contribution in [0.25, 0.3) is 0 Å². The molecule has 0 saturated carbocycles. The van der Waals surface area contributed by atoms with Gasteiger partial charge in [0, 0.05) is 25.8 Å². The molecule has 1 aromatic heterocycles. The summed E-state index contributed by atoms with van der Waals surface area (Å²) in [7, 11) is 0. The Bertz CT molecular complexity index is 604. The average Bonchev–Trinajstić information content (AvgIpc) is 3.21. The van der Waals surface area contributed by atoms with Gasteiger partial charge in [-0.1, -0.05) is 0 Å². The highest BCUT2D eigenvalue weighted by Crippen LogP contribution is 2.18. The van der Waals surface area contributed by atoms with Gasteiger partial charge in [0.25, 0.3) is 5.91 Å². The van der Waals surface area contributed by atoms with E-state index in [0.29, 0.717) is 24.8 Å². The fraction of sp³-hybridized carbons (Fsp3) is 0.632. The highest BCUT2D eigenvalue weighted by molar-refractivity contribution is 5.82. The lowest BCUT2D eigenvalue weighted by molar-refractivity contribution is -0.139. The second kappa shape index (κ2) is 8.98. The number of rotatable bonds is 6. The fourth-order valence-electron chi connectivity index (χ4n) is 3.64. The van der Waals surface area contributed by atoms with Crippen LogP contribution in [0.15, 0.2) is 24.5 Å². The third-order valence-electron chi connectivity index (χ3n) is 5.07. The first-order valence-corrected chi connectivity index (χ1v) is 9.50. The summed E-state index contributed by atoms with van der Waals surface area (Å²) in [5.41, 5.74) is 0. The molecular weight excluding hydrogens is 332 g/mol. The lowest BCUT2D eigenvalue weighted by atomic mass is 9.97. The number of likely N-dealkylation sites (tertiary alicyclic amines) is 1. The van der Waals surface area contributed by atoms with Crippen molar-refractivity contribution in [3.05, 3.63) is 24.5 Å². The number of nitrogens with zero attached hydrogens (tertiary/aromatic N) is 2. The number of hydrogen-bond donors (Lipinski definition) is 2. The highest BCUT2D eigenvalue weighted by Gasteiger charge is 2.29. The highest BCUT2D eigenvalue weighted by atomic mass is 16.5. The minimum Gasteiger partial charge on any atom is -0.479 e. The van der Waals surface area contributed by atoms with Crippen molar-refractivity contribution in [2.24, 2.45) is 5.92 Å². The number of carbonyl (C=O) groups is 2. The third kappa shape index (κ3) is 4.94. The van der Waals surface area contributed by atoms with Crippen LogP contribution in [0, 0.1) is 5.92 Å². The molecule has 142 valence electrons. The molecule has 3 heterocycles. The Labute approximate surface area is 154 Å². The zero-order valence-electron chi connectivity index (χ0n) is 15.3. The van der Waals surface area contributed by atoms with E-state index in [4.69, 9.17) is 4.74 Å². The normalized spacial score (nSPS) is 24.1. The minimum absolute atomic E-state index is 0.0117. The summed E-state index contributed by atoms with van der Waals surface area (Å²) >= 11 is 0. The number of hydrogen-bond acceptors (Lipinski definition) is 5. The molecule has 26 heavy (non-hydrogen) atoms. The quantitative estimate of drug-likeness (QED) is 0.789. The van der Waals surface area contributed by atoms with Crippen molar-refractivity contribution in [2.75, 3.05) is 26.2 Å². The molecule has 2 aliphatic rings. The smallest absolute Gasteiger partial charge is 0.263 e. The molecule has 7 heteroatoms. The van der Waals surface area contributed by atoms with Crippen molar-refractivity contribution < 1.29 is 14.3 Å². The number of ether oxygens (including phenoxy) is 1. The molecule has 3 unspecified atom stereocenters. The van der Waals surface area contributed by atoms with Crippen molar-refractivity contribution in [3.63, 3.8) is 0 Å². The molecule has 2 saturated heterocycles. The van der Waals surface area contributed by atoms with Gasteiger partial charge in [0.2, 0.25) is 5.91 Å². The van der Waals surface area contributed by atoms with Gasteiger partial charge in [0.1, 0.15) is 5.75 Å². The van der Waals surface area contributed by atoms with Crippen LogP contribution in [0.4, 0.5) is 0 Å². The zero-order chi connectivity index (χ0) is 18.4. The summed E-state index contributed by atoms with van der Waals surface area (Å²) in [6.45, 7) is 4.72. The monoisotopic (exact) mass is 360 g/mol. The predicted octanol–water partition coefficient (Wildman–Crippen LogP) is 0.956. The lowest BCUT2D eigenvalue weighted by Gasteiger charge is -2.34. The molecule has 7 nitrogen and oxygen atoms in total. The predicted molar refractivity (Wildman–Crippen MR) is 97.7 cm³/mol. The summed E-state index contributed by atoms with van der Waals surface area (Å²) in [6, 6.07) is 3.53. The molecule has 2 aliphatic heterocycles. The van der Waals surface area contributed by atoms with Gasteiger partial charge in [-0.25, -0.2) is 0 Å². The molecular formula is C19H28N4O3. The maximum absolute atomic E-state index is 12.7. The number of nitrogens with one attached hydrogen (secondary N) is 2. The largest absolute Gasteiger partial charge is 0.479 e. The van der Waals surface area contributed by atoms with Crippen LogP contribution in [0.2, 0.25) is 0 Å². The average molecular weight is 360 g/mol. The van der Waals surface area contributed by atoms with Crippen LogP contribution in [-0.4, -0.2) is 60.0 Å². The van der Waals surface area contributed by atoms with Crippen molar-refractivity contribution in [1.29, 1.82) is 0 Å². The van der Waals surface area contributed by atoms with Crippen LogP contribution in [0.3, 0.4) is 0 Å². The van der Waals surface area contributed by atoms with Crippen molar-refractivity contribution in [1.82, 2.24) is 20.5 Å². The van der Waals surface area contributed by atoms with Gasteiger partial charge in [-0.15, -0.1) is 0 Å². The van der Waals surface area contributed by atoms with Gasteiger partial charge in [-0.05, 0) is 57.2 Å². The van der Waals surface area contributed by atoms with E-state index < -0.39 is 6.10 Å². The maximum Gasteiger partial charge on any atom is 0.263 e. The summed E-state index contributed by atoms with van der Waals surface area (Å²) in [6.07, 6.45) is 6.67. The van der Waals surface area contributed by atoms with E-state index in [2.05, 4.69) is 15.6 Å². The first-order chi connectivity index (χ1) is 12.6. The van der Waals surface area contributed by atoms with Crippen molar-refractivity contribution in [3.8, 4) is 5.75 Å². The van der Waals surface area contributed by atoms with Crippen molar-refractivity contribution >= 4 is 11.8 Å². The Hall–Kier alpha value is -2.15. The van der Waals surface area contributed by atoms with E-state index in [1.807, 2.05) is 4.90 Å². The Morgan fingerprint density at radius 1 is 1.42 bits per heavy atom. The number of carbonyl (C=O) groups excluding carboxylic acids is 2. The molecule has 3 rings (SSSR count). The molecule has 2 N–H and O–H groups in total. The van der Waals surface area contributed by atoms with Gasteiger partial charge >= 0.3 is 0 Å². The first-order valence-electron chi connectivity index (χ1n) is 9.50. The lowest BCUT2D eigenvalue weighted by Crippen LogP contribution is -2.49. The molecule has 1 aromatic rings. The Morgan fingerprint density at radius 2 is 2.31 bits per heavy atom. The van der Waals surface area contributed by atoms with E-state index in [0.717, 1.165) is 38.8 Å². The van der Waals surface area contributed by atoms with Crippen LogP contribution in [-0.2, 0) is 9.59 Å². The molecule has 0 aromatic carbocycles. The summed E-state index contributed by atoms with van der Waals surface area (Å²) in [5, 5.41) is 6.25. The molecule has 0 bridgehead atoms. The molecule has 3 atom stereocenters. The van der Waals surface area contributed by atoms with E-state index in [9.17, 15) is 9.59 Å². The van der Waals surface area contributed by atoms with E-state index in [-0.39, 0.29) is 17.9 Å². The zero-order valence-corrected chi connectivity index (χ0v) is 15.3. The van der Waals surface area contributed by atoms with E-state index >= 15 is 0 Å². The molecule has 0 spiro atoms. The van der Waals surface area contributed by atoms with Crippen LogP contribution >= 0.6 is 0 Å². The fourth-order valence-corrected chi connectivity index (χ4v) is 3.64. The van der Waals surface area contributed by atoms with Gasteiger partial charge in [0.15, 0.2) is 6.10 Å². The number of amides is 2. The van der Waals surface area contributed by atoms with E-state index in [1.54, 1.807) is 31.5 Å². The Balaban J connectivity index is 1.46. The number of pyridine rings is 1. The van der Waals surface area contributed by atoms with Gasteiger partial charge < -0.3 is 20.3 Å². The second-order valence-corrected chi connectivity index (χ2v) is 7.14. The maximum atomic E-state index is 12.7. The van der Waals surface area contributed by atoms with Crippen LogP contribution < -0.4 is 15.4 Å². The second-order valence-electron chi connectivity index (χ2n) is 7.14. The Kier molecular flexibility index (Phi) is 6.44. The van der Waals surface area contributed by atoms with Crippen LogP contribution in [0.1, 0.15) is 32.6 Å².